The maximum atomic E-state index is 15.5. The van der Waals surface area contributed by atoms with E-state index in [9.17, 15) is 18.3 Å². The zero-order valence-corrected chi connectivity index (χ0v) is 17.5. The molecule has 4 aliphatic rings. The van der Waals surface area contributed by atoms with Gasteiger partial charge in [-0.25, -0.2) is 9.11 Å². The minimum Gasteiger partial charge on any atom is -0.391 e. The summed E-state index contributed by atoms with van der Waals surface area (Å²) in [6.07, 6.45) is 5.03. The van der Waals surface area contributed by atoms with Gasteiger partial charge in [-0.1, -0.05) is 6.42 Å². The number of carbonyl (C=O) groups is 1. The van der Waals surface area contributed by atoms with Gasteiger partial charge in [0.2, 0.25) is 5.91 Å². The number of aliphatic hydroxyl groups excluding tert-OH is 1. The summed E-state index contributed by atoms with van der Waals surface area (Å²) in [4.78, 5) is 11.6. The molecular weight excluding hydrogens is 399 g/mol. The summed E-state index contributed by atoms with van der Waals surface area (Å²) in [7, 11) is -4.07. The van der Waals surface area contributed by atoms with Crippen molar-refractivity contribution in [1.29, 1.82) is 0 Å². The van der Waals surface area contributed by atoms with E-state index in [1.165, 1.54) is 19.3 Å². The van der Waals surface area contributed by atoms with Gasteiger partial charge < -0.3 is 15.7 Å². The van der Waals surface area contributed by atoms with Crippen LogP contribution in [0.3, 0.4) is 0 Å². The Balaban J connectivity index is 1.35. The summed E-state index contributed by atoms with van der Waals surface area (Å²) in [5, 5.41) is 17.6. The molecule has 0 bridgehead atoms. The number of halogens is 1. The maximum Gasteiger partial charge on any atom is 0.304 e. The van der Waals surface area contributed by atoms with E-state index < -0.39 is 41.0 Å². The molecule has 4 N–H and O–H groups in total. The lowest BCUT2D eigenvalue weighted by atomic mass is 9.66. The number of piperidine rings is 1. The summed E-state index contributed by atoms with van der Waals surface area (Å²) < 4.78 is 42.6. The van der Waals surface area contributed by atoms with Crippen LogP contribution in [0.15, 0.2) is 0 Å². The summed E-state index contributed by atoms with van der Waals surface area (Å²) in [5.41, 5.74) is 0. The number of fused-ring (bicyclic) bond motifs is 1. The lowest BCUT2D eigenvalue weighted by molar-refractivity contribution is -0.119. The van der Waals surface area contributed by atoms with Crippen LogP contribution in [-0.4, -0.2) is 73.8 Å². The molecule has 166 valence electrons. The number of nitrogens with one attached hydrogen (secondary N) is 3. The van der Waals surface area contributed by atoms with Gasteiger partial charge in [0.15, 0.2) is 0 Å². The number of nitrogens with zero attached hydrogens (tertiary/aromatic N) is 1. The Bertz CT molecular complexity index is 702. The number of aliphatic hydroxyl groups is 1. The molecule has 8 nitrogen and oxygen atoms in total. The van der Waals surface area contributed by atoms with Crippen LogP contribution in [0.25, 0.3) is 0 Å². The first-order valence-corrected chi connectivity index (χ1v) is 12.4. The van der Waals surface area contributed by atoms with Crippen molar-refractivity contribution >= 4 is 16.1 Å². The van der Waals surface area contributed by atoms with Crippen molar-refractivity contribution in [3.05, 3.63) is 0 Å². The SMILES string of the molecule is O=C1CN(C2C(O)CC3CCC(NCCC4CCCCN4)CC3C2F)S(=O)(=O)N1. The smallest absolute Gasteiger partial charge is 0.304 e. The molecule has 4 fully saturated rings. The predicted molar refractivity (Wildman–Crippen MR) is 106 cm³/mol. The second kappa shape index (κ2) is 8.74. The highest BCUT2D eigenvalue weighted by molar-refractivity contribution is 7.88. The van der Waals surface area contributed by atoms with E-state index in [2.05, 4.69) is 10.6 Å². The van der Waals surface area contributed by atoms with Gasteiger partial charge >= 0.3 is 10.2 Å². The van der Waals surface area contributed by atoms with E-state index in [0.717, 1.165) is 36.7 Å². The van der Waals surface area contributed by atoms with E-state index in [-0.39, 0.29) is 17.9 Å². The monoisotopic (exact) mass is 432 g/mol. The number of alkyl halides is 1. The Morgan fingerprint density at radius 2 is 2.03 bits per heavy atom. The van der Waals surface area contributed by atoms with Gasteiger partial charge in [-0.2, -0.15) is 12.7 Å². The maximum absolute atomic E-state index is 15.5. The van der Waals surface area contributed by atoms with Gasteiger partial charge in [-0.05, 0) is 69.9 Å². The topological polar surface area (TPSA) is 111 Å². The molecule has 0 spiro atoms. The third-order valence-corrected chi connectivity index (χ3v) is 8.72. The number of hydrogen-bond acceptors (Lipinski definition) is 6. The number of carbonyl (C=O) groups excluding carboxylic acids is 1. The van der Waals surface area contributed by atoms with E-state index in [1.54, 1.807) is 0 Å². The summed E-state index contributed by atoms with van der Waals surface area (Å²) in [5.74, 6) is -0.914. The lowest BCUT2D eigenvalue weighted by Crippen LogP contribution is -2.59. The molecular formula is C19H33FN4O4S. The van der Waals surface area contributed by atoms with Crippen LogP contribution < -0.4 is 15.4 Å². The van der Waals surface area contributed by atoms with Crippen LogP contribution in [-0.2, 0) is 15.0 Å². The molecule has 2 aliphatic heterocycles. The second-order valence-electron chi connectivity index (χ2n) is 9.14. The zero-order valence-electron chi connectivity index (χ0n) is 16.7. The molecule has 2 saturated heterocycles. The van der Waals surface area contributed by atoms with Crippen LogP contribution in [0.1, 0.15) is 51.4 Å². The molecule has 0 radical (unpaired) electrons. The zero-order chi connectivity index (χ0) is 20.6. The molecule has 7 atom stereocenters. The Morgan fingerprint density at radius 3 is 2.72 bits per heavy atom. The number of rotatable bonds is 5. The van der Waals surface area contributed by atoms with Gasteiger partial charge in [0.1, 0.15) is 6.17 Å². The van der Waals surface area contributed by atoms with Crippen molar-refractivity contribution in [1.82, 2.24) is 19.7 Å². The van der Waals surface area contributed by atoms with Crippen LogP contribution in [0.2, 0.25) is 0 Å². The quantitative estimate of drug-likeness (QED) is 0.488. The first-order valence-electron chi connectivity index (χ1n) is 11.0. The second-order valence-corrected chi connectivity index (χ2v) is 10.8. The van der Waals surface area contributed by atoms with Gasteiger partial charge in [0.05, 0.1) is 18.7 Å². The molecule has 0 aromatic rings. The molecule has 0 aromatic heterocycles. The van der Waals surface area contributed by atoms with Crippen molar-refractivity contribution < 1.29 is 22.7 Å². The average molecular weight is 433 g/mol. The Hall–Kier alpha value is -0.810. The summed E-state index contributed by atoms with van der Waals surface area (Å²) >= 11 is 0. The van der Waals surface area contributed by atoms with E-state index in [0.29, 0.717) is 18.9 Å². The molecule has 4 rings (SSSR count). The molecule has 10 heteroatoms. The van der Waals surface area contributed by atoms with E-state index >= 15 is 4.39 Å². The Kier molecular flexibility index (Phi) is 6.46. The fourth-order valence-corrected chi connectivity index (χ4v) is 7.10. The van der Waals surface area contributed by atoms with E-state index in [4.69, 9.17) is 0 Å². The molecule has 2 aliphatic carbocycles. The van der Waals surface area contributed by atoms with Crippen molar-refractivity contribution in [2.45, 2.75) is 81.8 Å². The normalized spacial score (nSPS) is 43.0. The first-order chi connectivity index (χ1) is 13.8. The van der Waals surface area contributed by atoms with Gasteiger partial charge in [-0.3, -0.25) is 4.79 Å². The van der Waals surface area contributed by atoms with Crippen molar-refractivity contribution in [2.75, 3.05) is 19.6 Å². The third kappa shape index (κ3) is 4.61. The largest absolute Gasteiger partial charge is 0.391 e. The molecule has 7 unspecified atom stereocenters. The summed E-state index contributed by atoms with van der Waals surface area (Å²) in [6, 6.07) is -0.421. The molecule has 2 heterocycles. The fraction of sp³-hybridized carbons (Fsp3) is 0.947. The molecule has 0 aromatic carbocycles. The highest BCUT2D eigenvalue weighted by Crippen LogP contribution is 2.44. The minimum absolute atomic E-state index is 0.0586. The standard InChI is InChI=1S/C19H33FN4O4S/c20-18-15-10-14(22-8-6-13-3-1-2-7-21-13)5-4-12(15)9-16(25)19(18)24-11-17(26)23-29(24,27)28/h12-16,18-19,21-22,25H,1-11H2,(H,23,26). The van der Waals surface area contributed by atoms with Crippen LogP contribution in [0, 0.1) is 11.8 Å². The lowest BCUT2D eigenvalue weighted by Gasteiger charge is -2.48. The van der Waals surface area contributed by atoms with Gasteiger partial charge in [0, 0.05) is 12.1 Å². The fourth-order valence-electron chi connectivity index (χ4n) is 5.76. The van der Waals surface area contributed by atoms with E-state index in [1.807, 2.05) is 4.72 Å². The highest BCUT2D eigenvalue weighted by Gasteiger charge is 2.53. The molecule has 2 saturated carbocycles. The first kappa shape index (κ1) is 21.4. The predicted octanol–water partition coefficient (Wildman–Crippen LogP) is 0.0410. The summed E-state index contributed by atoms with van der Waals surface area (Å²) in [6.45, 7) is 1.56. The molecule has 1 amide bonds. The minimum atomic E-state index is -4.07. The Morgan fingerprint density at radius 1 is 1.21 bits per heavy atom. The van der Waals surface area contributed by atoms with Crippen LogP contribution in [0.5, 0.6) is 0 Å². The van der Waals surface area contributed by atoms with Gasteiger partial charge in [-0.15, -0.1) is 0 Å². The molecule has 29 heavy (non-hydrogen) atoms. The van der Waals surface area contributed by atoms with Crippen molar-refractivity contribution in [3.63, 3.8) is 0 Å². The van der Waals surface area contributed by atoms with Crippen molar-refractivity contribution in [3.8, 4) is 0 Å². The van der Waals surface area contributed by atoms with Crippen molar-refractivity contribution in [2.24, 2.45) is 11.8 Å². The van der Waals surface area contributed by atoms with Crippen LogP contribution in [0.4, 0.5) is 4.39 Å². The Labute approximate surface area is 172 Å². The number of hydrogen-bond donors (Lipinski definition) is 4. The average Bonchev–Trinajstić information content (AvgIpc) is 2.95. The van der Waals surface area contributed by atoms with Crippen LogP contribution >= 0.6 is 0 Å². The van der Waals surface area contributed by atoms with Gasteiger partial charge in [0.25, 0.3) is 0 Å². The highest BCUT2D eigenvalue weighted by atomic mass is 32.2. The third-order valence-electron chi connectivity index (χ3n) is 7.24. The number of amides is 1.